The van der Waals surface area contributed by atoms with Crippen molar-refractivity contribution in [1.82, 2.24) is 5.32 Å². The minimum atomic E-state index is -0.121. The van der Waals surface area contributed by atoms with Crippen molar-refractivity contribution in [1.29, 1.82) is 0 Å². The third-order valence-electron chi connectivity index (χ3n) is 3.92. The van der Waals surface area contributed by atoms with Gasteiger partial charge in [-0.3, -0.25) is 0 Å². The SMILES string of the molecule is CCCCC(CC)CC(NCC)c1cccc(Br)c1F. The summed E-state index contributed by atoms with van der Waals surface area (Å²) < 4.78 is 14.8. The smallest absolute Gasteiger partial charge is 0.142 e. The molecule has 2 unspecified atom stereocenters. The first-order valence-corrected chi connectivity index (χ1v) is 8.60. The van der Waals surface area contributed by atoms with Crippen molar-refractivity contribution in [3.05, 3.63) is 34.1 Å². The topological polar surface area (TPSA) is 12.0 Å². The third kappa shape index (κ3) is 5.17. The van der Waals surface area contributed by atoms with Crippen LogP contribution in [0.15, 0.2) is 22.7 Å². The Morgan fingerprint density at radius 3 is 2.60 bits per heavy atom. The molecule has 1 rings (SSSR count). The molecule has 0 heterocycles. The zero-order valence-corrected chi connectivity index (χ0v) is 14.5. The van der Waals surface area contributed by atoms with Gasteiger partial charge in [-0.2, -0.15) is 0 Å². The molecule has 3 heteroatoms. The Labute approximate surface area is 131 Å². The van der Waals surface area contributed by atoms with Crippen LogP contribution < -0.4 is 5.32 Å². The van der Waals surface area contributed by atoms with Gasteiger partial charge >= 0.3 is 0 Å². The lowest BCUT2D eigenvalue weighted by Crippen LogP contribution is -2.24. The van der Waals surface area contributed by atoms with Gasteiger partial charge in [0.25, 0.3) is 0 Å². The van der Waals surface area contributed by atoms with Crippen molar-refractivity contribution in [2.75, 3.05) is 6.54 Å². The highest BCUT2D eigenvalue weighted by molar-refractivity contribution is 9.10. The van der Waals surface area contributed by atoms with E-state index in [1.54, 1.807) is 6.07 Å². The molecule has 0 aliphatic heterocycles. The zero-order valence-electron chi connectivity index (χ0n) is 12.9. The number of hydrogen-bond donors (Lipinski definition) is 1. The Hall–Kier alpha value is -0.410. The molecule has 0 saturated carbocycles. The summed E-state index contributed by atoms with van der Waals surface area (Å²) in [6.45, 7) is 7.40. The molecule has 1 nitrogen and oxygen atoms in total. The number of nitrogens with one attached hydrogen (secondary N) is 1. The number of halogens is 2. The fraction of sp³-hybridized carbons (Fsp3) is 0.647. The van der Waals surface area contributed by atoms with Gasteiger partial charge in [0.15, 0.2) is 0 Å². The van der Waals surface area contributed by atoms with E-state index in [-0.39, 0.29) is 11.9 Å². The molecular weight excluding hydrogens is 317 g/mol. The molecule has 2 atom stereocenters. The number of rotatable bonds is 9. The van der Waals surface area contributed by atoms with Crippen molar-refractivity contribution in [3.8, 4) is 0 Å². The van der Waals surface area contributed by atoms with E-state index in [0.717, 1.165) is 24.9 Å². The molecule has 1 aromatic rings. The maximum atomic E-state index is 14.3. The molecule has 0 aliphatic rings. The Morgan fingerprint density at radius 1 is 1.25 bits per heavy atom. The van der Waals surface area contributed by atoms with Crippen LogP contribution in [0.1, 0.15) is 64.5 Å². The standard InChI is InChI=1S/C17H27BrFN/c1-4-7-9-13(5-2)12-16(20-6-3)14-10-8-11-15(18)17(14)19/h8,10-11,13,16,20H,4-7,9,12H2,1-3H3. The summed E-state index contributed by atoms with van der Waals surface area (Å²) in [4.78, 5) is 0. The first kappa shape index (κ1) is 17.6. The first-order chi connectivity index (χ1) is 9.63. The molecule has 0 aromatic heterocycles. The summed E-state index contributed by atoms with van der Waals surface area (Å²) in [7, 11) is 0. The zero-order chi connectivity index (χ0) is 15.0. The minimum Gasteiger partial charge on any atom is -0.310 e. The van der Waals surface area contributed by atoms with Crippen molar-refractivity contribution < 1.29 is 4.39 Å². The van der Waals surface area contributed by atoms with E-state index in [9.17, 15) is 4.39 Å². The highest BCUT2D eigenvalue weighted by Crippen LogP contribution is 2.30. The van der Waals surface area contributed by atoms with Gasteiger partial charge in [0.2, 0.25) is 0 Å². The average molecular weight is 344 g/mol. The van der Waals surface area contributed by atoms with Crippen LogP contribution in [0.5, 0.6) is 0 Å². The largest absolute Gasteiger partial charge is 0.310 e. The summed E-state index contributed by atoms with van der Waals surface area (Å²) in [5.74, 6) is 0.543. The van der Waals surface area contributed by atoms with Gasteiger partial charge in [-0.1, -0.05) is 58.6 Å². The molecule has 20 heavy (non-hydrogen) atoms. The molecular formula is C17H27BrFN. The second kappa shape index (κ2) is 9.51. The fourth-order valence-electron chi connectivity index (χ4n) is 2.67. The van der Waals surface area contributed by atoms with Gasteiger partial charge in [0.1, 0.15) is 5.82 Å². The van der Waals surface area contributed by atoms with Crippen LogP contribution in [0.2, 0.25) is 0 Å². The second-order valence-electron chi connectivity index (χ2n) is 5.41. The van der Waals surface area contributed by atoms with Crippen molar-refractivity contribution in [2.45, 2.75) is 58.9 Å². The molecule has 114 valence electrons. The molecule has 0 aliphatic carbocycles. The van der Waals surface area contributed by atoms with Crippen LogP contribution in [0.25, 0.3) is 0 Å². The molecule has 0 fully saturated rings. The highest BCUT2D eigenvalue weighted by atomic mass is 79.9. The van der Waals surface area contributed by atoms with Gasteiger partial charge in [-0.15, -0.1) is 0 Å². The summed E-state index contributed by atoms with van der Waals surface area (Å²) in [6, 6.07) is 5.69. The lowest BCUT2D eigenvalue weighted by molar-refractivity contribution is 0.351. The van der Waals surface area contributed by atoms with Gasteiger partial charge in [0, 0.05) is 11.6 Å². The van der Waals surface area contributed by atoms with E-state index < -0.39 is 0 Å². The van der Waals surface area contributed by atoms with Gasteiger partial charge in [-0.05, 0) is 40.9 Å². The van der Waals surface area contributed by atoms with E-state index in [1.807, 2.05) is 12.1 Å². The van der Waals surface area contributed by atoms with Crippen molar-refractivity contribution >= 4 is 15.9 Å². The van der Waals surface area contributed by atoms with E-state index in [2.05, 4.69) is 42.0 Å². The van der Waals surface area contributed by atoms with Crippen LogP contribution in [0.3, 0.4) is 0 Å². The molecule has 0 bridgehead atoms. The van der Waals surface area contributed by atoms with Crippen molar-refractivity contribution in [3.63, 3.8) is 0 Å². The van der Waals surface area contributed by atoms with E-state index in [0.29, 0.717) is 10.4 Å². The second-order valence-corrected chi connectivity index (χ2v) is 6.26. The lowest BCUT2D eigenvalue weighted by atomic mass is 9.89. The van der Waals surface area contributed by atoms with Gasteiger partial charge < -0.3 is 5.32 Å². The van der Waals surface area contributed by atoms with E-state index >= 15 is 0 Å². The third-order valence-corrected chi connectivity index (χ3v) is 4.53. The molecule has 0 amide bonds. The highest BCUT2D eigenvalue weighted by Gasteiger charge is 2.20. The van der Waals surface area contributed by atoms with Crippen LogP contribution in [-0.2, 0) is 0 Å². The van der Waals surface area contributed by atoms with Crippen LogP contribution >= 0.6 is 15.9 Å². The van der Waals surface area contributed by atoms with Crippen molar-refractivity contribution in [2.24, 2.45) is 5.92 Å². The van der Waals surface area contributed by atoms with E-state index in [4.69, 9.17) is 0 Å². The maximum Gasteiger partial charge on any atom is 0.142 e. The summed E-state index contributed by atoms with van der Waals surface area (Å²) in [5, 5.41) is 3.45. The summed E-state index contributed by atoms with van der Waals surface area (Å²) >= 11 is 3.29. The number of hydrogen-bond acceptors (Lipinski definition) is 1. The molecule has 0 saturated heterocycles. The van der Waals surface area contributed by atoms with Crippen LogP contribution in [0.4, 0.5) is 4.39 Å². The van der Waals surface area contributed by atoms with E-state index in [1.165, 1.54) is 19.3 Å². The Morgan fingerprint density at radius 2 is 2.00 bits per heavy atom. The molecule has 0 radical (unpaired) electrons. The van der Waals surface area contributed by atoms with Gasteiger partial charge in [0.05, 0.1) is 4.47 Å². The lowest BCUT2D eigenvalue weighted by Gasteiger charge is -2.24. The quantitative estimate of drug-likeness (QED) is 0.593. The molecule has 1 aromatic carbocycles. The summed E-state index contributed by atoms with van der Waals surface area (Å²) in [6.07, 6.45) is 5.91. The van der Waals surface area contributed by atoms with Crippen LogP contribution in [-0.4, -0.2) is 6.54 Å². The predicted octanol–water partition coefficient (Wildman–Crippen LogP) is 5.85. The molecule has 1 N–H and O–H groups in total. The molecule has 0 spiro atoms. The minimum absolute atomic E-state index is 0.110. The Bertz CT molecular complexity index is 395. The predicted molar refractivity (Wildman–Crippen MR) is 88.4 cm³/mol. The van der Waals surface area contributed by atoms with Gasteiger partial charge in [-0.25, -0.2) is 4.39 Å². The Kier molecular flexibility index (Phi) is 8.39. The first-order valence-electron chi connectivity index (χ1n) is 7.81. The fourth-order valence-corrected chi connectivity index (χ4v) is 3.05. The average Bonchev–Trinajstić information content (AvgIpc) is 2.45. The number of benzene rings is 1. The number of unbranched alkanes of at least 4 members (excludes halogenated alkanes) is 1. The monoisotopic (exact) mass is 343 g/mol. The maximum absolute atomic E-state index is 14.3. The Balaban J connectivity index is 2.84. The summed E-state index contributed by atoms with van der Waals surface area (Å²) in [5.41, 5.74) is 0.788. The van der Waals surface area contributed by atoms with Crippen LogP contribution in [0, 0.1) is 11.7 Å². The normalized spacial score (nSPS) is 14.2.